The molecule has 2 heterocycles. The second kappa shape index (κ2) is 8.47. The molecule has 1 spiro atoms. The standard InChI is InChI=1S/C15H24N4O.HI/c1-3-5-8-17-14(16-4-2)19-9-6-7-15(12-19)10-13(20)18-11-15;/h1H,4-12H2,2H3,(H,16,17)(H,18,20);1H. The van der Waals surface area contributed by atoms with Gasteiger partial charge in [0.2, 0.25) is 5.91 Å². The summed E-state index contributed by atoms with van der Waals surface area (Å²) >= 11 is 0. The summed E-state index contributed by atoms with van der Waals surface area (Å²) in [7, 11) is 0. The first-order chi connectivity index (χ1) is 9.69. The monoisotopic (exact) mass is 404 g/mol. The molecule has 5 nitrogen and oxygen atoms in total. The highest BCUT2D eigenvalue weighted by Crippen LogP contribution is 2.35. The van der Waals surface area contributed by atoms with E-state index in [9.17, 15) is 4.79 Å². The molecule has 0 radical (unpaired) electrons. The average Bonchev–Trinajstić information content (AvgIpc) is 2.79. The summed E-state index contributed by atoms with van der Waals surface area (Å²) in [5.74, 6) is 3.73. The van der Waals surface area contributed by atoms with Gasteiger partial charge in [-0.2, -0.15) is 0 Å². The zero-order valence-electron chi connectivity index (χ0n) is 12.7. The SMILES string of the molecule is C#CCCN=C(NCC)N1CCCC2(CNC(=O)C2)C1.I. The van der Waals surface area contributed by atoms with Crippen LogP contribution in [-0.4, -0.2) is 49.5 Å². The van der Waals surface area contributed by atoms with Crippen molar-refractivity contribution >= 4 is 35.8 Å². The van der Waals surface area contributed by atoms with Gasteiger partial charge in [-0.3, -0.25) is 9.79 Å². The van der Waals surface area contributed by atoms with Crippen molar-refractivity contribution in [2.45, 2.75) is 32.6 Å². The number of terminal acetylenes is 1. The van der Waals surface area contributed by atoms with E-state index in [1.54, 1.807) is 0 Å². The fourth-order valence-electron chi connectivity index (χ4n) is 3.08. The molecule has 2 saturated heterocycles. The van der Waals surface area contributed by atoms with Gasteiger partial charge in [0, 0.05) is 44.4 Å². The summed E-state index contributed by atoms with van der Waals surface area (Å²) in [5.41, 5.74) is 0.0949. The summed E-state index contributed by atoms with van der Waals surface area (Å²) in [6, 6.07) is 0. The normalized spacial score (nSPS) is 25.2. The Bertz CT molecular complexity index is 432. The van der Waals surface area contributed by atoms with E-state index >= 15 is 0 Å². The molecule has 0 aromatic carbocycles. The topological polar surface area (TPSA) is 56.7 Å². The van der Waals surface area contributed by atoms with E-state index < -0.39 is 0 Å². The Balaban J connectivity index is 0.00000220. The van der Waals surface area contributed by atoms with Crippen molar-refractivity contribution in [1.29, 1.82) is 0 Å². The van der Waals surface area contributed by atoms with Crippen LogP contribution >= 0.6 is 24.0 Å². The Morgan fingerprint density at radius 2 is 2.43 bits per heavy atom. The summed E-state index contributed by atoms with van der Waals surface area (Å²) in [6.07, 6.45) is 8.81. The number of nitrogens with zero attached hydrogens (tertiary/aromatic N) is 2. The first-order valence-electron chi connectivity index (χ1n) is 7.42. The minimum Gasteiger partial charge on any atom is -0.357 e. The molecule has 2 N–H and O–H groups in total. The molecule has 2 aliphatic rings. The maximum absolute atomic E-state index is 11.5. The van der Waals surface area contributed by atoms with Gasteiger partial charge in [0.25, 0.3) is 0 Å². The summed E-state index contributed by atoms with van der Waals surface area (Å²) in [6.45, 7) is 6.25. The molecule has 21 heavy (non-hydrogen) atoms. The first-order valence-corrected chi connectivity index (χ1v) is 7.42. The van der Waals surface area contributed by atoms with Crippen molar-refractivity contribution in [3.05, 3.63) is 0 Å². The molecular weight excluding hydrogens is 379 g/mol. The molecule has 2 fully saturated rings. The van der Waals surface area contributed by atoms with E-state index in [4.69, 9.17) is 6.42 Å². The Morgan fingerprint density at radius 1 is 1.62 bits per heavy atom. The second-order valence-corrected chi connectivity index (χ2v) is 5.67. The number of aliphatic imine (C=N–C) groups is 1. The number of nitrogens with one attached hydrogen (secondary N) is 2. The number of carbonyl (C=O) groups is 1. The third kappa shape index (κ3) is 4.77. The average molecular weight is 404 g/mol. The number of halogens is 1. The molecule has 1 unspecified atom stereocenters. The van der Waals surface area contributed by atoms with Gasteiger partial charge in [-0.1, -0.05) is 0 Å². The number of guanidine groups is 1. The molecule has 0 aromatic rings. The van der Waals surface area contributed by atoms with Crippen LogP contribution in [0.4, 0.5) is 0 Å². The largest absolute Gasteiger partial charge is 0.357 e. The molecule has 0 bridgehead atoms. The zero-order chi connectivity index (χ0) is 14.4. The zero-order valence-corrected chi connectivity index (χ0v) is 15.0. The number of hydrogen-bond acceptors (Lipinski definition) is 2. The molecule has 1 atom stereocenters. The number of rotatable bonds is 3. The minimum atomic E-state index is 0. The molecule has 6 heteroatoms. The van der Waals surface area contributed by atoms with Gasteiger partial charge in [0.1, 0.15) is 0 Å². The van der Waals surface area contributed by atoms with Gasteiger partial charge in [0.05, 0.1) is 6.54 Å². The fourth-order valence-corrected chi connectivity index (χ4v) is 3.08. The van der Waals surface area contributed by atoms with E-state index in [0.29, 0.717) is 19.4 Å². The van der Waals surface area contributed by atoms with Crippen molar-refractivity contribution in [2.75, 3.05) is 32.7 Å². The number of amides is 1. The summed E-state index contributed by atoms with van der Waals surface area (Å²) in [4.78, 5) is 18.4. The molecular formula is C15H25IN4O. The van der Waals surface area contributed by atoms with Gasteiger partial charge in [-0.25, -0.2) is 0 Å². The molecule has 118 valence electrons. The van der Waals surface area contributed by atoms with Gasteiger partial charge >= 0.3 is 0 Å². The highest BCUT2D eigenvalue weighted by Gasteiger charge is 2.42. The lowest BCUT2D eigenvalue weighted by Gasteiger charge is -2.40. The lowest BCUT2D eigenvalue weighted by Crippen LogP contribution is -2.51. The van der Waals surface area contributed by atoms with Crippen LogP contribution in [0.5, 0.6) is 0 Å². The quantitative estimate of drug-likeness (QED) is 0.244. The predicted octanol–water partition coefficient (Wildman–Crippen LogP) is 1.20. The third-order valence-corrected chi connectivity index (χ3v) is 4.01. The molecule has 0 aliphatic carbocycles. The lowest BCUT2D eigenvalue weighted by atomic mass is 9.79. The van der Waals surface area contributed by atoms with Crippen LogP contribution < -0.4 is 10.6 Å². The van der Waals surface area contributed by atoms with Gasteiger partial charge in [-0.15, -0.1) is 36.3 Å². The second-order valence-electron chi connectivity index (χ2n) is 5.67. The van der Waals surface area contributed by atoms with Gasteiger partial charge in [0.15, 0.2) is 5.96 Å². The number of piperidine rings is 1. The van der Waals surface area contributed by atoms with Crippen molar-refractivity contribution < 1.29 is 4.79 Å². The first kappa shape index (κ1) is 18.1. The van der Waals surface area contributed by atoms with E-state index in [1.807, 2.05) is 0 Å². The van der Waals surface area contributed by atoms with Gasteiger partial charge in [-0.05, 0) is 19.8 Å². The number of hydrogen-bond donors (Lipinski definition) is 2. The van der Waals surface area contributed by atoms with Crippen LogP contribution in [-0.2, 0) is 4.79 Å². The van der Waals surface area contributed by atoms with Crippen LogP contribution in [0.25, 0.3) is 0 Å². The van der Waals surface area contributed by atoms with Crippen molar-refractivity contribution in [1.82, 2.24) is 15.5 Å². The van der Waals surface area contributed by atoms with Crippen molar-refractivity contribution in [2.24, 2.45) is 10.4 Å². The van der Waals surface area contributed by atoms with E-state index in [-0.39, 0.29) is 35.3 Å². The van der Waals surface area contributed by atoms with E-state index in [1.165, 1.54) is 0 Å². The maximum Gasteiger partial charge on any atom is 0.220 e. The number of carbonyl (C=O) groups excluding carboxylic acids is 1. The molecule has 0 aromatic heterocycles. The maximum atomic E-state index is 11.5. The van der Waals surface area contributed by atoms with E-state index in [2.05, 4.69) is 33.4 Å². The van der Waals surface area contributed by atoms with Crippen LogP contribution in [0.15, 0.2) is 4.99 Å². The van der Waals surface area contributed by atoms with Crippen molar-refractivity contribution in [3.8, 4) is 12.3 Å². The van der Waals surface area contributed by atoms with Crippen molar-refractivity contribution in [3.63, 3.8) is 0 Å². The molecule has 2 aliphatic heterocycles. The Morgan fingerprint density at radius 3 is 3.05 bits per heavy atom. The molecule has 2 rings (SSSR count). The third-order valence-electron chi connectivity index (χ3n) is 4.01. The van der Waals surface area contributed by atoms with Crippen LogP contribution in [0.1, 0.15) is 32.6 Å². The smallest absolute Gasteiger partial charge is 0.220 e. The lowest BCUT2D eigenvalue weighted by molar-refractivity contribution is -0.119. The van der Waals surface area contributed by atoms with Gasteiger partial charge < -0.3 is 15.5 Å². The Kier molecular flexibility index (Phi) is 7.29. The Labute approximate surface area is 144 Å². The number of likely N-dealkylation sites (tertiary alicyclic amines) is 1. The fraction of sp³-hybridized carbons (Fsp3) is 0.733. The molecule has 0 saturated carbocycles. The minimum absolute atomic E-state index is 0. The summed E-state index contributed by atoms with van der Waals surface area (Å²) in [5, 5.41) is 6.30. The van der Waals surface area contributed by atoms with Crippen LogP contribution in [0.3, 0.4) is 0 Å². The Hall–Kier alpha value is -0.970. The van der Waals surface area contributed by atoms with Crippen LogP contribution in [0.2, 0.25) is 0 Å². The van der Waals surface area contributed by atoms with Crippen LogP contribution in [0, 0.1) is 17.8 Å². The predicted molar refractivity (Wildman–Crippen MR) is 95.7 cm³/mol. The highest BCUT2D eigenvalue weighted by atomic mass is 127. The van der Waals surface area contributed by atoms with E-state index in [0.717, 1.165) is 45.0 Å². The molecule has 1 amide bonds. The summed E-state index contributed by atoms with van der Waals surface area (Å²) < 4.78 is 0. The highest BCUT2D eigenvalue weighted by molar-refractivity contribution is 14.0.